The van der Waals surface area contributed by atoms with Crippen LogP contribution in [0.3, 0.4) is 0 Å². The molecular weight excluding hydrogens is 292 g/mol. The van der Waals surface area contributed by atoms with Gasteiger partial charge in [0.1, 0.15) is 6.54 Å². The molecule has 0 amide bonds. The third-order valence-corrected chi connectivity index (χ3v) is 4.89. The van der Waals surface area contributed by atoms with Gasteiger partial charge in [0, 0.05) is 13.1 Å². The first-order valence-corrected chi connectivity index (χ1v) is 8.24. The number of hydrogen-bond donors (Lipinski definition) is 1. The highest BCUT2D eigenvalue weighted by atomic mass is 32.2. The molecule has 1 atom stereocenters. The maximum absolute atomic E-state index is 12.4. The fourth-order valence-electron chi connectivity index (χ4n) is 1.79. The van der Waals surface area contributed by atoms with Crippen molar-refractivity contribution >= 4 is 16.0 Å². The first-order chi connectivity index (χ1) is 9.82. The molecule has 0 saturated carbocycles. The Bertz CT molecular complexity index is 586. The number of nitrogens with zero attached hydrogens (tertiary/aromatic N) is 1. The Morgan fingerprint density at radius 2 is 2.05 bits per heavy atom. The summed E-state index contributed by atoms with van der Waals surface area (Å²) in [6.07, 6.45) is 0.710. The maximum atomic E-state index is 12.4. The summed E-state index contributed by atoms with van der Waals surface area (Å²) in [6.45, 7) is 3.49. The molecule has 0 fully saturated rings. The molecule has 0 aliphatic rings. The lowest BCUT2D eigenvalue weighted by Gasteiger charge is -2.17. The van der Waals surface area contributed by atoms with E-state index in [-0.39, 0.29) is 24.1 Å². The van der Waals surface area contributed by atoms with Gasteiger partial charge >= 0.3 is 5.97 Å². The Morgan fingerprint density at radius 3 is 2.62 bits per heavy atom. The quantitative estimate of drug-likeness (QED) is 0.766. The predicted octanol–water partition coefficient (Wildman–Crippen LogP) is 1.28. The van der Waals surface area contributed by atoms with Crippen LogP contribution >= 0.6 is 0 Å². The van der Waals surface area contributed by atoms with Gasteiger partial charge in [0.25, 0.3) is 0 Å². The number of hydrogen-bond acceptors (Lipinski definition) is 5. The van der Waals surface area contributed by atoms with Gasteiger partial charge in [-0.05, 0) is 31.0 Å². The molecule has 7 heteroatoms. The van der Waals surface area contributed by atoms with Gasteiger partial charge in [-0.3, -0.25) is 4.79 Å². The second-order valence-electron chi connectivity index (χ2n) is 4.65. The minimum atomic E-state index is -3.74. The second-order valence-corrected chi connectivity index (χ2v) is 6.70. The zero-order chi connectivity index (χ0) is 16.0. The number of carbonyl (C=O) groups is 1. The highest BCUT2D eigenvalue weighted by Gasteiger charge is 2.24. The Balaban J connectivity index is 2.99. The van der Waals surface area contributed by atoms with Gasteiger partial charge in [0.05, 0.1) is 11.5 Å². The molecule has 0 aromatic heterocycles. The monoisotopic (exact) mass is 314 g/mol. The molecule has 1 unspecified atom stereocenters. The summed E-state index contributed by atoms with van der Waals surface area (Å²) in [5.74, 6) is -0.579. The molecule has 6 nitrogen and oxygen atoms in total. The van der Waals surface area contributed by atoms with Crippen LogP contribution in [0.1, 0.15) is 31.9 Å². The molecule has 1 rings (SSSR count). The summed E-state index contributed by atoms with van der Waals surface area (Å²) in [6, 6.07) is 6.26. The average molecular weight is 314 g/mol. The Kier molecular flexibility index (Phi) is 6.32. The van der Waals surface area contributed by atoms with E-state index in [1.165, 1.54) is 13.1 Å². The van der Waals surface area contributed by atoms with Crippen LogP contribution in [-0.2, 0) is 19.6 Å². The van der Waals surface area contributed by atoms with E-state index in [1.807, 2.05) is 6.92 Å². The van der Waals surface area contributed by atoms with Crippen LogP contribution in [0.2, 0.25) is 0 Å². The van der Waals surface area contributed by atoms with Crippen LogP contribution in [0.4, 0.5) is 0 Å². The largest absolute Gasteiger partial charge is 0.465 e. The number of ether oxygens (including phenoxy) is 1. The molecule has 1 aromatic carbocycles. The van der Waals surface area contributed by atoms with Crippen molar-refractivity contribution in [1.29, 1.82) is 0 Å². The zero-order valence-corrected chi connectivity index (χ0v) is 13.4. The second kappa shape index (κ2) is 7.53. The van der Waals surface area contributed by atoms with E-state index in [9.17, 15) is 13.2 Å². The normalized spacial score (nSPS) is 13.2. The third kappa shape index (κ3) is 4.52. The molecule has 0 bridgehead atoms. The molecule has 21 heavy (non-hydrogen) atoms. The number of sulfonamides is 1. The molecule has 0 aliphatic carbocycles. The van der Waals surface area contributed by atoms with E-state index >= 15 is 0 Å². The zero-order valence-electron chi connectivity index (χ0n) is 12.6. The van der Waals surface area contributed by atoms with Crippen molar-refractivity contribution < 1.29 is 17.9 Å². The number of likely N-dealkylation sites (N-methyl/N-ethyl adjacent to an activating group) is 1. The topological polar surface area (TPSA) is 89.7 Å². The Hall–Kier alpha value is -1.44. The molecule has 0 aliphatic heterocycles. The molecular formula is C14H22N2O4S. The van der Waals surface area contributed by atoms with Gasteiger partial charge in [-0.2, -0.15) is 4.31 Å². The standard InChI is InChI=1S/C14H22N2O4S/c1-4-13(15)11-7-6-8-12(9-11)21(18,19)16(3)10-14(17)20-5-2/h6-9,13H,4-5,10,15H2,1-3H3. The van der Waals surface area contributed by atoms with Crippen molar-refractivity contribution in [3.8, 4) is 0 Å². The molecule has 0 spiro atoms. The summed E-state index contributed by atoms with van der Waals surface area (Å²) < 4.78 is 30.6. The lowest BCUT2D eigenvalue weighted by Crippen LogP contribution is -2.33. The molecule has 1 aromatic rings. The van der Waals surface area contributed by atoms with Gasteiger partial charge in [-0.15, -0.1) is 0 Å². The third-order valence-electron chi connectivity index (χ3n) is 3.09. The molecule has 118 valence electrons. The van der Waals surface area contributed by atoms with Crippen molar-refractivity contribution in [2.45, 2.75) is 31.2 Å². The highest BCUT2D eigenvalue weighted by Crippen LogP contribution is 2.20. The smallest absolute Gasteiger partial charge is 0.321 e. The van der Waals surface area contributed by atoms with E-state index < -0.39 is 16.0 Å². The number of rotatable bonds is 7. The van der Waals surface area contributed by atoms with Crippen LogP contribution in [0, 0.1) is 0 Å². The Labute approximate surface area is 125 Å². The summed E-state index contributed by atoms with van der Waals surface area (Å²) in [7, 11) is -2.39. The maximum Gasteiger partial charge on any atom is 0.321 e. The first-order valence-electron chi connectivity index (χ1n) is 6.80. The first kappa shape index (κ1) is 17.6. The number of benzene rings is 1. The van der Waals surface area contributed by atoms with Crippen LogP contribution < -0.4 is 5.73 Å². The molecule has 0 heterocycles. The minimum absolute atomic E-state index is 0.121. The number of esters is 1. The Morgan fingerprint density at radius 1 is 1.38 bits per heavy atom. The SMILES string of the molecule is CCOC(=O)CN(C)S(=O)(=O)c1cccc(C(N)CC)c1. The summed E-state index contributed by atoms with van der Waals surface area (Å²) in [5, 5.41) is 0. The fraction of sp³-hybridized carbons (Fsp3) is 0.500. The summed E-state index contributed by atoms with van der Waals surface area (Å²) in [4.78, 5) is 11.5. The summed E-state index contributed by atoms with van der Waals surface area (Å²) >= 11 is 0. The van der Waals surface area contributed by atoms with Crippen molar-refractivity contribution in [1.82, 2.24) is 4.31 Å². The van der Waals surface area contributed by atoms with Crippen LogP contribution in [0.5, 0.6) is 0 Å². The van der Waals surface area contributed by atoms with Crippen LogP contribution in [0.25, 0.3) is 0 Å². The molecule has 0 radical (unpaired) electrons. The van der Waals surface area contributed by atoms with E-state index in [1.54, 1.807) is 25.1 Å². The lowest BCUT2D eigenvalue weighted by atomic mass is 10.1. The molecule has 2 N–H and O–H groups in total. The highest BCUT2D eigenvalue weighted by molar-refractivity contribution is 7.89. The van der Waals surface area contributed by atoms with Crippen LogP contribution in [0.15, 0.2) is 29.2 Å². The fourth-order valence-corrected chi connectivity index (χ4v) is 2.97. The van der Waals surface area contributed by atoms with Gasteiger partial charge in [-0.25, -0.2) is 8.42 Å². The van der Waals surface area contributed by atoms with Crippen molar-refractivity contribution in [3.63, 3.8) is 0 Å². The van der Waals surface area contributed by atoms with E-state index in [0.29, 0.717) is 6.42 Å². The number of carbonyl (C=O) groups excluding carboxylic acids is 1. The van der Waals surface area contributed by atoms with Gasteiger partial charge in [0.15, 0.2) is 0 Å². The van der Waals surface area contributed by atoms with Gasteiger partial charge in [-0.1, -0.05) is 19.1 Å². The molecule has 0 saturated heterocycles. The summed E-state index contributed by atoms with van der Waals surface area (Å²) in [5.41, 5.74) is 6.67. The van der Waals surface area contributed by atoms with E-state index in [2.05, 4.69) is 0 Å². The lowest BCUT2D eigenvalue weighted by molar-refractivity contribution is -0.143. The minimum Gasteiger partial charge on any atom is -0.465 e. The predicted molar refractivity (Wildman–Crippen MR) is 80.1 cm³/mol. The van der Waals surface area contributed by atoms with Gasteiger partial charge in [0.2, 0.25) is 10.0 Å². The van der Waals surface area contributed by atoms with Crippen LogP contribution in [-0.4, -0.2) is 38.9 Å². The number of nitrogens with two attached hydrogens (primary N) is 1. The van der Waals surface area contributed by atoms with Gasteiger partial charge < -0.3 is 10.5 Å². The van der Waals surface area contributed by atoms with E-state index in [4.69, 9.17) is 10.5 Å². The van der Waals surface area contributed by atoms with Crippen molar-refractivity contribution in [2.24, 2.45) is 5.73 Å². The van der Waals surface area contributed by atoms with Crippen molar-refractivity contribution in [3.05, 3.63) is 29.8 Å². The average Bonchev–Trinajstić information content (AvgIpc) is 2.46. The van der Waals surface area contributed by atoms with Crippen molar-refractivity contribution in [2.75, 3.05) is 20.2 Å². The van der Waals surface area contributed by atoms with E-state index in [0.717, 1.165) is 9.87 Å².